The maximum Gasteiger partial charge on any atom is 0.311 e. The molecular formula is C50H82O4Si2. The predicted molar refractivity (Wildman–Crippen MR) is 250 cm³/mol. The Labute approximate surface area is 347 Å². The molecule has 0 saturated carbocycles. The van der Waals surface area contributed by atoms with Crippen molar-refractivity contribution in [1.82, 2.24) is 0 Å². The van der Waals surface area contributed by atoms with Gasteiger partial charge in [-0.25, -0.2) is 0 Å². The lowest BCUT2D eigenvalue weighted by Crippen LogP contribution is -2.51. The molecule has 0 atom stereocenters. The summed E-state index contributed by atoms with van der Waals surface area (Å²) < 4.78 is 20.2. The number of carbonyl (C=O) groups is 1. The predicted octanol–water partition coefficient (Wildman–Crippen LogP) is 16.7. The van der Waals surface area contributed by atoms with Crippen molar-refractivity contribution in [2.45, 2.75) is 200 Å². The van der Waals surface area contributed by atoms with Gasteiger partial charge in [0.1, 0.15) is 17.2 Å². The van der Waals surface area contributed by atoms with Crippen LogP contribution >= 0.6 is 0 Å². The molecule has 2 rings (SSSR count). The monoisotopic (exact) mass is 803 g/mol. The van der Waals surface area contributed by atoms with E-state index in [9.17, 15) is 4.79 Å². The Morgan fingerprint density at radius 1 is 0.518 bits per heavy atom. The van der Waals surface area contributed by atoms with Crippen LogP contribution in [0.5, 0.6) is 17.2 Å². The van der Waals surface area contributed by atoms with Gasteiger partial charge < -0.3 is 13.6 Å². The van der Waals surface area contributed by atoms with Crippen LogP contribution in [0.1, 0.15) is 178 Å². The molecule has 0 aliphatic heterocycles. The summed E-state index contributed by atoms with van der Waals surface area (Å²) in [6.45, 7) is 30.3. The largest absolute Gasteiger partial charge is 0.543 e. The van der Waals surface area contributed by atoms with Gasteiger partial charge in [-0.05, 0) is 107 Å². The Hall–Kier alpha value is -2.84. The van der Waals surface area contributed by atoms with Crippen molar-refractivity contribution in [2.24, 2.45) is 0 Å². The number of rotatable bonds is 27. The van der Waals surface area contributed by atoms with Crippen LogP contribution in [0, 0.1) is 0 Å². The normalized spacial score (nSPS) is 13.0. The minimum Gasteiger partial charge on any atom is -0.543 e. The second kappa shape index (κ2) is 25.5. The molecule has 2 aromatic carbocycles. The third-order valence-electron chi connectivity index (χ3n) is 11.8. The van der Waals surface area contributed by atoms with Crippen LogP contribution in [0.3, 0.4) is 0 Å². The molecule has 0 aromatic heterocycles. The minimum atomic E-state index is -2.19. The lowest BCUT2D eigenvalue weighted by Gasteiger charge is -2.43. The zero-order valence-corrected chi connectivity index (χ0v) is 40.1. The van der Waals surface area contributed by atoms with Gasteiger partial charge in [0.15, 0.2) is 0 Å². The third kappa shape index (κ3) is 15.5. The van der Waals surface area contributed by atoms with Gasteiger partial charge in [0.2, 0.25) is 0 Å². The lowest BCUT2D eigenvalue weighted by atomic mass is 10.1. The Balaban J connectivity index is 2.05. The maximum atomic E-state index is 12.6. The molecule has 0 spiro atoms. The summed E-state index contributed by atoms with van der Waals surface area (Å²) in [4.78, 5) is 12.6. The summed E-state index contributed by atoms with van der Waals surface area (Å²) in [7, 11) is -4.37. The second-order valence-electron chi connectivity index (χ2n) is 17.9. The van der Waals surface area contributed by atoms with Crippen molar-refractivity contribution in [3.05, 3.63) is 77.9 Å². The van der Waals surface area contributed by atoms with Crippen LogP contribution in [0.2, 0.25) is 33.2 Å². The minimum absolute atomic E-state index is 0.157. The quantitative estimate of drug-likeness (QED) is 0.0225. The number of benzene rings is 2. The molecule has 6 heteroatoms. The van der Waals surface area contributed by atoms with Gasteiger partial charge in [0.05, 0.1) is 0 Å². The molecule has 4 nitrogen and oxygen atoms in total. The fraction of sp³-hybridized carbons (Fsp3) is 0.620. The number of allylic oxidation sites excluding steroid dienone is 4. The Bertz CT molecular complexity index is 1390. The van der Waals surface area contributed by atoms with E-state index in [1.807, 2.05) is 24.3 Å². The third-order valence-corrected chi connectivity index (χ3v) is 23.8. The van der Waals surface area contributed by atoms with Crippen molar-refractivity contribution in [2.75, 3.05) is 0 Å². The Morgan fingerprint density at radius 2 is 0.946 bits per heavy atom. The van der Waals surface area contributed by atoms with Gasteiger partial charge >= 0.3 is 5.97 Å². The molecule has 0 radical (unpaired) electrons. The maximum absolute atomic E-state index is 12.6. The zero-order valence-electron chi connectivity index (χ0n) is 38.1. The first-order valence-electron chi connectivity index (χ1n) is 22.4. The zero-order chi connectivity index (χ0) is 41.7. The standard InChI is InChI=1S/C50H82O4Si2/c1-14-15-16-17-18-19-20-21-22-23-24-25-26-27-28-29-50(51)52-47-34-32-45(33-35-47)30-31-46-36-48(53-55(39(2)3,40(4)5)41(6)7)38-49(37-46)54-56(42(8)9,43(10)11)44(12)13/h18-19,21-22,30-44H,14-17,20,23-29H2,1-13H3/b19-18?,22-21?,31-30+. The van der Waals surface area contributed by atoms with E-state index in [0.717, 1.165) is 54.7 Å². The van der Waals surface area contributed by atoms with Gasteiger partial charge in [-0.1, -0.05) is 171 Å². The lowest BCUT2D eigenvalue weighted by molar-refractivity contribution is -0.134. The number of carbonyl (C=O) groups excluding carboxylic acids is 1. The summed E-state index contributed by atoms with van der Waals surface area (Å²) in [6, 6.07) is 14.3. The highest BCUT2D eigenvalue weighted by molar-refractivity contribution is 6.78. The van der Waals surface area contributed by atoms with Gasteiger partial charge in [-0.2, -0.15) is 0 Å². The van der Waals surface area contributed by atoms with Crippen LogP contribution < -0.4 is 13.6 Å². The van der Waals surface area contributed by atoms with E-state index >= 15 is 0 Å². The van der Waals surface area contributed by atoms with Gasteiger partial charge in [0.25, 0.3) is 16.6 Å². The molecule has 2 aromatic rings. The van der Waals surface area contributed by atoms with Crippen LogP contribution in [-0.4, -0.2) is 22.6 Å². The van der Waals surface area contributed by atoms with Crippen molar-refractivity contribution < 1.29 is 18.4 Å². The Kier molecular flexibility index (Phi) is 22.5. The molecular weight excluding hydrogens is 721 g/mol. The summed E-state index contributed by atoms with van der Waals surface area (Å²) in [5.74, 6) is 2.26. The highest BCUT2D eigenvalue weighted by atomic mass is 28.4. The molecule has 0 aliphatic carbocycles. The molecule has 0 saturated heterocycles. The van der Waals surface area contributed by atoms with Crippen LogP contribution in [0.15, 0.2) is 66.8 Å². The number of hydrogen-bond acceptors (Lipinski definition) is 4. The fourth-order valence-electron chi connectivity index (χ4n) is 9.03. The first-order chi connectivity index (χ1) is 26.6. The van der Waals surface area contributed by atoms with Crippen molar-refractivity contribution in [3.63, 3.8) is 0 Å². The molecule has 0 aliphatic rings. The van der Waals surface area contributed by atoms with Gasteiger partial charge in [-0.15, -0.1) is 0 Å². The van der Waals surface area contributed by atoms with E-state index < -0.39 is 16.6 Å². The first-order valence-corrected chi connectivity index (χ1v) is 26.7. The smallest absolute Gasteiger partial charge is 0.311 e. The van der Waals surface area contributed by atoms with E-state index in [4.69, 9.17) is 13.6 Å². The van der Waals surface area contributed by atoms with E-state index in [0.29, 0.717) is 45.4 Å². The number of esters is 1. The summed E-state index contributed by atoms with van der Waals surface area (Å²) in [5, 5.41) is 0. The van der Waals surface area contributed by atoms with Crippen LogP contribution in [0.25, 0.3) is 12.2 Å². The first kappa shape index (κ1) is 49.3. The molecule has 0 unspecified atom stereocenters. The molecule has 314 valence electrons. The summed E-state index contributed by atoms with van der Waals surface area (Å²) in [5.41, 5.74) is 4.90. The average Bonchev–Trinajstić information content (AvgIpc) is 3.13. The van der Waals surface area contributed by atoms with Crippen molar-refractivity contribution in [3.8, 4) is 17.2 Å². The fourth-order valence-corrected chi connectivity index (χ4v) is 19.5. The van der Waals surface area contributed by atoms with Crippen molar-refractivity contribution >= 4 is 34.8 Å². The van der Waals surface area contributed by atoms with E-state index in [1.54, 1.807) is 0 Å². The molecule has 0 heterocycles. The van der Waals surface area contributed by atoms with Gasteiger partial charge in [0, 0.05) is 12.5 Å². The average molecular weight is 803 g/mol. The number of ether oxygens (including phenoxy) is 1. The van der Waals surface area contributed by atoms with E-state index in [-0.39, 0.29) is 5.97 Å². The summed E-state index contributed by atoms with van der Waals surface area (Å²) in [6.07, 6.45) is 26.7. The van der Waals surface area contributed by atoms with E-state index in [1.165, 1.54) is 38.5 Å². The highest BCUT2D eigenvalue weighted by Gasteiger charge is 2.48. The topological polar surface area (TPSA) is 44.8 Å². The SMILES string of the molecule is CCCCCC=CCC=CCCCCCCCC(=O)Oc1ccc(/C=C/c2cc(O[Si](C(C)C)(C(C)C)C(C)C)cc(O[Si](C(C)C)(C(C)C)C(C)C)c2)cc1. The Morgan fingerprint density at radius 3 is 1.41 bits per heavy atom. The molecule has 0 amide bonds. The molecule has 0 N–H and O–H groups in total. The van der Waals surface area contributed by atoms with Crippen LogP contribution in [0.4, 0.5) is 0 Å². The van der Waals surface area contributed by atoms with Crippen LogP contribution in [-0.2, 0) is 4.79 Å². The molecule has 56 heavy (non-hydrogen) atoms. The number of hydrogen-bond donors (Lipinski definition) is 0. The molecule has 0 bridgehead atoms. The van der Waals surface area contributed by atoms with Crippen molar-refractivity contribution in [1.29, 1.82) is 0 Å². The number of unbranched alkanes of at least 4 members (excludes halogenated alkanes) is 8. The second-order valence-corrected chi connectivity index (χ2v) is 28.7. The summed E-state index contributed by atoms with van der Waals surface area (Å²) >= 11 is 0. The highest BCUT2D eigenvalue weighted by Crippen LogP contribution is 2.46. The van der Waals surface area contributed by atoms with Gasteiger partial charge in [-0.3, -0.25) is 4.79 Å². The molecule has 0 fully saturated rings. The van der Waals surface area contributed by atoms with E-state index in [2.05, 4.69) is 145 Å².